The molecule has 0 aromatic heterocycles. The van der Waals surface area contributed by atoms with Crippen LogP contribution in [0.3, 0.4) is 0 Å². The Balaban J connectivity index is 1.67. The van der Waals surface area contributed by atoms with Gasteiger partial charge in [-0.1, -0.05) is 12.1 Å². The van der Waals surface area contributed by atoms with Gasteiger partial charge in [0.05, 0.1) is 26.4 Å². The van der Waals surface area contributed by atoms with E-state index in [-0.39, 0.29) is 0 Å². The molecule has 1 heterocycles. The molecule has 1 aliphatic rings. The third kappa shape index (κ3) is 6.11. The Morgan fingerprint density at radius 1 is 1.30 bits per heavy atom. The zero-order chi connectivity index (χ0) is 16.7. The van der Waals surface area contributed by atoms with E-state index >= 15 is 0 Å². The van der Waals surface area contributed by atoms with Crippen molar-refractivity contribution in [3.63, 3.8) is 0 Å². The van der Waals surface area contributed by atoms with E-state index in [0.717, 1.165) is 24.4 Å². The van der Waals surface area contributed by atoms with E-state index in [4.69, 9.17) is 9.47 Å². The number of aliphatic hydroxyl groups is 1. The summed E-state index contributed by atoms with van der Waals surface area (Å²) in [6, 6.07) is 8.40. The number of ether oxygens (including phenoxy) is 2. The predicted molar refractivity (Wildman–Crippen MR) is 91.8 cm³/mol. The van der Waals surface area contributed by atoms with Gasteiger partial charge in [0.15, 0.2) is 0 Å². The molecular weight excluding hydrogens is 292 g/mol. The number of piperidine rings is 1. The summed E-state index contributed by atoms with van der Waals surface area (Å²) in [5, 5.41) is 10.2. The Morgan fingerprint density at radius 2 is 2.04 bits per heavy atom. The second-order valence-electron chi connectivity index (χ2n) is 6.54. The molecule has 1 aliphatic heterocycles. The molecule has 0 spiro atoms. The Bertz CT molecular complexity index is 450. The number of likely N-dealkylation sites (N-methyl/N-ethyl adjacent to an activating group) is 1. The first-order valence-corrected chi connectivity index (χ1v) is 8.36. The molecular formula is C18H30N2O3. The van der Waals surface area contributed by atoms with Gasteiger partial charge in [0.1, 0.15) is 5.75 Å². The number of nitrogens with zero attached hydrogens (tertiary/aromatic N) is 2. The topological polar surface area (TPSA) is 45.2 Å². The summed E-state index contributed by atoms with van der Waals surface area (Å²) in [6.45, 7) is 3.67. The minimum Gasteiger partial charge on any atom is -0.497 e. The molecule has 1 aromatic rings. The van der Waals surface area contributed by atoms with Crippen molar-refractivity contribution in [1.29, 1.82) is 0 Å². The number of aliphatic hydroxyl groups excluding tert-OH is 1. The quantitative estimate of drug-likeness (QED) is 0.788. The highest BCUT2D eigenvalue weighted by Gasteiger charge is 2.22. The van der Waals surface area contributed by atoms with Gasteiger partial charge >= 0.3 is 0 Å². The normalized spacial score (nSPS) is 20.7. The summed E-state index contributed by atoms with van der Waals surface area (Å²) in [7, 11) is 5.91. The van der Waals surface area contributed by atoms with Crippen LogP contribution in [0.15, 0.2) is 24.3 Å². The average Bonchev–Trinajstić information content (AvgIpc) is 2.55. The van der Waals surface area contributed by atoms with Crippen molar-refractivity contribution in [3.05, 3.63) is 29.8 Å². The summed E-state index contributed by atoms with van der Waals surface area (Å²) in [6.07, 6.45) is 2.00. The monoisotopic (exact) mass is 322 g/mol. The summed E-state index contributed by atoms with van der Waals surface area (Å²) in [4.78, 5) is 4.62. The molecule has 1 saturated heterocycles. The molecule has 23 heavy (non-hydrogen) atoms. The highest BCUT2D eigenvalue weighted by Crippen LogP contribution is 2.14. The van der Waals surface area contributed by atoms with E-state index in [1.54, 1.807) is 7.11 Å². The van der Waals surface area contributed by atoms with Crippen molar-refractivity contribution in [2.45, 2.75) is 31.6 Å². The molecule has 0 aliphatic carbocycles. The molecule has 1 fully saturated rings. The van der Waals surface area contributed by atoms with Crippen LogP contribution in [0.1, 0.15) is 18.4 Å². The molecule has 0 amide bonds. The molecule has 1 N–H and O–H groups in total. The molecule has 2 unspecified atom stereocenters. The Hall–Kier alpha value is -1.14. The van der Waals surface area contributed by atoms with Gasteiger partial charge < -0.3 is 19.5 Å². The fraction of sp³-hybridized carbons (Fsp3) is 0.667. The Labute approximate surface area is 139 Å². The largest absolute Gasteiger partial charge is 0.497 e. The van der Waals surface area contributed by atoms with E-state index in [9.17, 15) is 5.11 Å². The summed E-state index contributed by atoms with van der Waals surface area (Å²) in [5.41, 5.74) is 1.09. The molecule has 0 saturated carbocycles. The zero-order valence-electron chi connectivity index (χ0n) is 14.6. The lowest BCUT2D eigenvalue weighted by molar-refractivity contribution is 0.00102. The van der Waals surface area contributed by atoms with Gasteiger partial charge in [0, 0.05) is 19.1 Å². The Kier molecular flexibility index (Phi) is 7.30. The van der Waals surface area contributed by atoms with Crippen LogP contribution in [-0.4, -0.2) is 74.5 Å². The summed E-state index contributed by atoms with van der Waals surface area (Å²) in [5.74, 6) is 0.842. The van der Waals surface area contributed by atoms with Crippen molar-refractivity contribution in [2.24, 2.45) is 0 Å². The van der Waals surface area contributed by atoms with E-state index in [2.05, 4.69) is 23.9 Å². The number of benzene rings is 1. The van der Waals surface area contributed by atoms with E-state index in [1.165, 1.54) is 12.8 Å². The van der Waals surface area contributed by atoms with Gasteiger partial charge in [-0.3, -0.25) is 4.90 Å². The van der Waals surface area contributed by atoms with Crippen LogP contribution in [0.25, 0.3) is 0 Å². The van der Waals surface area contributed by atoms with E-state index < -0.39 is 6.10 Å². The van der Waals surface area contributed by atoms with E-state index in [0.29, 0.717) is 25.8 Å². The molecule has 0 bridgehead atoms. The van der Waals surface area contributed by atoms with Gasteiger partial charge in [-0.05, 0) is 51.2 Å². The number of hydrogen-bond donors (Lipinski definition) is 1. The highest BCUT2D eigenvalue weighted by molar-refractivity contribution is 5.26. The molecule has 130 valence electrons. The number of hydrogen-bond acceptors (Lipinski definition) is 5. The van der Waals surface area contributed by atoms with Gasteiger partial charge in [0.25, 0.3) is 0 Å². The first-order chi connectivity index (χ1) is 11.1. The molecule has 1 aromatic carbocycles. The van der Waals surface area contributed by atoms with Crippen LogP contribution < -0.4 is 4.74 Å². The van der Waals surface area contributed by atoms with Gasteiger partial charge in [0.2, 0.25) is 0 Å². The van der Waals surface area contributed by atoms with Crippen LogP contribution in [0.4, 0.5) is 0 Å². The predicted octanol–water partition coefficient (Wildman–Crippen LogP) is 1.60. The van der Waals surface area contributed by atoms with Crippen LogP contribution >= 0.6 is 0 Å². The van der Waals surface area contributed by atoms with E-state index in [1.807, 2.05) is 24.3 Å². The maximum atomic E-state index is 10.2. The third-order valence-corrected chi connectivity index (χ3v) is 4.42. The van der Waals surface area contributed by atoms with Crippen molar-refractivity contribution >= 4 is 0 Å². The van der Waals surface area contributed by atoms with Crippen LogP contribution in [-0.2, 0) is 11.3 Å². The van der Waals surface area contributed by atoms with Gasteiger partial charge in [-0.2, -0.15) is 0 Å². The SMILES string of the molecule is COc1ccc(COCC(O)CN2CCCC(N(C)C)C2)cc1. The minimum atomic E-state index is -0.436. The smallest absolute Gasteiger partial charge is 0.118 e. The van der Waals surface area contributed by atoms with Crippen molar-refractivity contribution in [1.82, 2.24) is 9.80 Å². The lowest BCUT2D eigenvalue weighted by Gasteiger charge is -2.36. The molecule has 5 heteroatoms. The van der Waals surface area contributed by atoms with Crippen LogP contribution in [0, 0.1) is 0 Å². The van der Waals surface area contributed by atoms with Crippen LogP contribution in [0.2, 0.25) is 0 Å². The van der Waals surface area contributed by atoms with Crippen LogP contribution in [0.5, 0.6) is 5.75 Å². The highest BCUT2D eigenvalue weighted by atomic mass is 16.5. The number of likely N-dealkylation sites (tertiary alicyclic amines) is 1. The second kappa shape index (κ2) is 9.23. The lowest BCUT2D eigenvalue weighted by atomic mass is 10.0. The maximum absolute atomic E-state index is 10.2. The fourth-order valence-corrected chi connectivity index (χ4v) is 3.00. The second-order valence-corrected chi connectivity index (χ2v) is 6.54. The van der Waals surface area contributed by atoms with Crippen molar-refractivity contribution < 1.29 is 14.6 Å². The van der Waals surface area contributed by atoms with Gasteiger partial charge in [-0.15, -0.1) is 0 Å². The molecule has 2 atom stereocenters. The molecule has 0 radical (unpaired) electrons. The first-order valence-electron chi connectivity index (χ1n) is 8.36. The Morgan fingerprint density at radius 3 is 2.70 bits per heavy atom. The maximum Gasteiger partial charge on any atom is 0.118 e. The van der Waals surface area contributed by atoms with Gasteiger partial charge in [-0.25, -0.2) is 0 Å². The first kappa shape index (κ1) is 18.2. The minimum absolute atomic E-state index is 0.370. The fourth-order valence-electron chi connectivity index (χ4n) is 3.00. The summed E-state index contributed by atoms with van der Waals surface area (Å²) < 4.78 is 10.8. The summed E-state index contributed by atoms with van der Waals surface area (Å²) >= 11 is 0. The number of rotatable bonds is 8. The van der Waals surface area contributed by atoms with Crippen molar-refractivity contribution in [2.75, 3.05) is 47.4 Å². The third-order valence-electron chi connectivity index (χ3n) is 4.42. The molecule has 2 rings (SSSR count). The average molecular weight is 322 g/mol. The number of β-amino-alcohol motifs (C(OH)–C–C–N with tert-alkyl or cyclic N) is 1. The van der Waals surface area contributed by atoms with Crippen molar-refractivity contribution in [3.8, 4) is 5.75 Å². The zero-order valence-corrected chi connectivity index (χ0v) is 14.6. The molecule has 5 nitrogen and oxygen atoms in total. The lowest BCUT2D eigenvalue weighted by Crippen LogP contribution is -2.47. The standard InChI is InChI=1S/C18H30N2O3/c1-19(2)16-5-4-10-20(11-16)12-17(21)14-23-13-15-6-8-18(22-3)9-7-15/h6-9,16-17,21H,4-5,10-14H2,1-3H3. The number of methoxy groups -OCH3 is 1.